The maximum atomic E-state index is 10.7. The van der Waals surface area contributed by atoms with Gasteiger partial charge < -0.3 is 11.1 Å². The standard InChI is InChI=1S/C11H19N5OS/c1-9(5-10(12)17)6-11(18)14-3-2-4-16-8-13-7-15-16/h7-9H,2-6H2,1H3,(H2,12,17)(H,14,18)/t9-/m1/s1. The van der Waals surface area contributed by atoms with E-state index in [1.165, 1.54) is 6.33 Å². The van der Waals surface area contributed by atoms with Gasteiger partial charge in [0, 0.05) is 25.9 Å². The fourth-order valence-electron chi connectivity index (χ4n) is 1.62. The van der Waals surface area contributed by atoms with Crippen molar-refractivity contribution in [1.82, 2.24) is 20.1 Å². The second-order valence-corrected chi connectivity index (χ2v) is 4.83. The number of rotatable bonds is 8. The van der Waals surface area contributed by atoms with E-state index in [1.807, 2.05) is 6.92 Å². The van der Waals surface area contributed by atoms with Crippen molar-refractivity contribution in [1.29, 1.82) is 0 Å². The first-order valence-electron chi connectivity index (χ1n) is 5.95. The van der Waals surface area contributed by atoms with Crippen LogP contribution < -0.4 is 11.1 Å². The van der Waals surface area contributed by atoms with Gasteiger partial charge in [-0.2, -0.15) is 5.10 Å². The molecule has 0 radical (unpaired) electrons. The summed E-state index contributed by atoms with van der Waals surface area (Å²) in [6.07, 6.45) is 5.20. The van der Waals surface area contributed by atoms with Gasteiger partial charge in [-0.15, -0.1) is 0 Å². The molecule has 7 heteroatoms. The monoisotopic (exact) mass is 269 g/mol. The molecule has 3 N–H and O–H groups in total. The number of hydrogen-bond donors (Lipinski definition) is 2. The normalized spacial score (nSPS) is 12.1. The lowest BCUT2D eigenvalue weighted by Crippen LogP contribution is -2.26. The van der Waals surface area contributed by atoms with Crippen LogP contribution in [0.3, 0.4) is 0 Å². The summed E-state index contributed by atoms with van der Waals surface area (Å²) in [5, 5.41) is 7.17. The summed E-state index contributed by atoms with van der Waals surface area (Å²) in [6, 6.07) is 0. The molecule has 1 heterocycles. The molecule has 0 aliphatic rings. The average molecular weight is 269 g/mol. The van der Waals surface area contributed by atoms with Crippen molar-refractivity contribution in [3.63, 3.8) is 0 Å². The highest BCUT2D eigenvalue weighted by Gasteiger charge is 2.08. The number of nitrogens with zero attached hydrogens (tertiary/aromatic N) is 3. The van der Waals surface area contributed by atoms with Crippen molar-refractivity contribution in [2.75, 3.05) is 6.54 Å². The van der Waals surface area contributed by atoms with Crippen molar-refractivity contribution in [2.45, 2.75) is 32.7 Å². The van der Waals surface area contributed by atoms with Gasteiger partial charge in [-0.3, -0.25) is 9.48 Å². The highest BCUT2D eigenvalue weighted by atomic mass is 32.1. The number of carbonyl (C=O) groups is 1. The number of thiocarbonyl (C=S) groups is 1. The number of aromatic nitrogens is 3. The second-order valence-electron chi connectivity index (χ2n) is 4.34. The number of amides is 1. The van der Waals surface area contributed by atoms with Crippen molar-refractivity contribution in [2.24, 2.45) is 11.7 Å². The summed E-state index contributed by atoms with van der Waals surface area (Å²) in [6.45, 7) is 3.57. The molecule has 1 rings (SSSR count). The minimum absolute atomic E-state index is 0.192. The predicted octanol–water partition coefficient (Wildman–Crippen LogP) is 0.487. The van der Waals surface area contributed by atoms with Crippen LogP contribution in [0.4, 0.5) is 0 Å². The molecule has 1 atom stereocenters. The van der Waals surface area contributed by atoms with E-state index >= 15 is 0 Å². The molecule has 0 aliphatic heterocycles. The Labute approximate surface area is 112 Å². The van der Waals surface area contributed by atoms with E-state index < -0.39 is 0 Å². The van der Waals surface area contributed by atoms with Crippen LogP contribution in [0.15, 0.2) is 12.7 Å². The third kappa shape index (κ3) is 6.29. The molecule has 0 spiro atoms. The van der Waals surface area contributed by atoms with Gasteiger partial charge in [-0.05, 0) is 12.3 Å². The number of aryl methyl sites for hydroxylation is 1. The van der Waals surface area contributed by atoms with Crippen LogP contribution in [0.2, 0.25) is 0 Å². The number of hydrogen-bond acceptors (Lipinski definition) is 4. The molecule has 0 aromatic carbocycles. The molecule has 18 heavy (non-hydrogen) atoms. The maximum absolute atomic E-state index is 10.7. The van der Waals surface area contributed by atoms with Crippen LogP contribution in [0, 0.1) is 5.92 Å². The zero-order valence-corrected chi connectivity index (χ0v) is 11.3. The van der Waals surface area contributed by atoms with Gasteiger partial charge in [-0.25, -0.2) is 4.98 Å². The van der Waals surface area contributed by atoms with Gasteiger partial charge >= 0.3 is 0 Å². The van der Waals surface area contributed by atoms with Gasteiger partial charge in [0.2, 0.25) is 5.91 Å². The predicted molar refractivity (Wildman–Crippen MR) is 72.8 cm³/mol. The van der Waals surface area contributed by atoms with Crippen molar-refractivity contribution in [3.05, 3.63) is 12.7 Å². The summed E-state index contributed by atoms with van der Waals surface area (Å²) in [5.41, 5.74) is 5.13. The van der Waals surface area contributed by atoms with E-state index in [2.05, 4.69) is 15.4 Å². The molecule has 1 aromatic rings. The minimum atomic E-state index is -0.281. The van der Waals surface area contributed by atoms with Gasteiger partial charge in [0.15, 0.2) is 0 Å². The van der Waals surface area contributed by atoms with E-state index in [-0.39, 0.29) is 11.8 Å². The van der Waals surface area contributed by atoms with Crippen LogP contribution in [-0.4, -0.2) is 32.2 Å². The lowest BCUT2D eigenvalue weighted by atomic mass is 10.0. The number of primary amides is 1. The second kappa shape index (κ2) is 7.75. The van der Waals surface area contributed by atoms with Gasteiger partial charge in [0.05, 0.1) is 4.99 Å². The fraction of sp³-hybridized carbons (Fsp3) is 0.636. The fourth-order valence-corrected chi connectivity index (χ4v) is 2.01. The third-order valence-corrected chi connectivity index (χ3v) is 2.75. The largest absolute Gasteiger partial charge is 0.380 e. The zero-order chi connectivity index (χ0) is 13.4. The number of nitrogens with two attached hydrogens (primary N) is 1. The Kier molecular flexibility index (Phi) is 6.27. The molecule has 0 saturated heterocycles. The van der Waals surface area contributed by atoms with Crippen LogP contribution in [-0.2, 0) is 11.3 Å². The molecule has 1 aromatic heterocycles. The molecule has 6 nitrogen and oxygen atoms in total. The van der Waals surface area contributed by atoms with Crippen molar-refractivity contribution in [3.8, 4) is 0 Å². The number of nitrogens with one attached hydrogen (secondary N) is 1. The Bertz CT molecular complexity index is 379. The molecule has 0 bridgehead atoms. The quantitative estimate of drug-likeness (QED) is 0.530. The maximum Gasteiger partial charge on any atom is 0.217 e. The molecular formula is C11H19N5OS. The van der Waals surface area contributed by atoms with Gasteiger partial charge in [0.1, 0.15) is 12.7 Å². The Morgan fingerprint density at radius 3 is 2.94 bits per heavy atom. The molecule has 100 valence electrons. The lowest BCUT2D eigenvalue weighted by Gasteiger charge is -2.12. The Balaban J connectivity index is 2.08. The Morgan fingerprint density at radius 2 is 2.33 bits per heavy atom. The summed E-state index contributed by atoms with van der Waals surface area (Å²) in [4.78, 5) is 15.4. The first-order valence-corrected chi connectivity index (χ1v) is 6.36. The minimum Gasteiger partial charge on any atom is -0.380 e. The average Bonchev–Trinajstić information content (AvgIpc) is 2.75. The first-order chi connectivity index (χ1) is 8.58. The van der Waals surface area contributed by atoms with E-state index in [1.54, 1.807) is 11.0 Å². The first kappa shape index (κ1) is 14.6. The third-order valence-electron chi connectivity index (χ3n) is 2.44. The summed E-state index contributed by atoms with van der Waals surface area (Å²) in [7, 11) is 0. The van der Waals surface area contributed by atoms with E-state index in [0.717, 1.165) is 24.5 Å². The van der Waals surface area contributed by atoms with Crippen LogP contribution in [0.1, 0.15) is 26.2 Å². The summed E-state index contributed by atoms with van der Waals surface area (Å²) in [5.74, 6) is -0.0886. The molecule has 0 saturated carbocycles. The highest BCUT2D eigenvalue weighted by Crippen LogP contribution is 2.07. The van der Waals surface area contributed by atoms with Gasteiger partial charge in [0.25, 0.3) is 0 Å². The highest BCUT2D eigenvalue weighted by molar-refractivity contribution is 7.80. The molecule has 0 fully saturated rings. The van der Waals surface area contributed by atoms with Crippen molar-refractivity contribution < 1.29 is 4.79 Å². The summed E-state index contributed by atoms with van der Waals surface area (Å²) < 4.78 is 1.78. The molecular weight excluding hydrogens is 250 g/mol. The molecule has 1 amide bonds. The topological polar surface area (TPSA) is 85.8 Å². The summed E-state index contributed by atoms with van der Waals surface area (Å²) >= 11 is 5.20. The Hall–Kier alpha value is -1.50. The van der Waals surface area contributed by atoms with E-state index in [0.29, 0.717) is 12.8 Å². The van der Waals surface area contributed by atoms with E-state index in [9.17, 15) is 4.79 Å². The zero-order valence-electron chi connectivity index (χ0n) is 10.5. The smallest absolute Gasteiger partial charge is 0.217 e. The lowest BCUT2D eigenvalue weighted by molar-refractivity contribution is -0.118. The molecule has 0 unspecified atom stereocenters. The van der Waals surface area contributed by atoms with Crippen LogP contribution >= 0.6 is 12.2 Å². The van der Waals surface area contributed by atoms with E-state index in [4.69, 9.17) is 18.0 Å². The van der Waals surface area contributed by atoms with Crippen molar-refractivity contribution >= 4 is 23.1 Å². The SMILES string of the molecule is C[C@H](CC(N)=O)CC(=S)NCCCn1cncn1. The van der Waals surface area contributed by atoms with Crippen LogP contribution in [0.5, 0.6) is 0 Å². The van der Waals surface area contributed by atoms with Gasteiger partial charge in [-0.1, -0.05) is 19.1 Å². The number of carbonyl (C=O) groups excluding carboxylic acids is 1. The Morgan fingerprint density at radius 1 is 1.56 bits per heavy atom. The molecule has 0 aliphatic carbocycles. The van der Waals surface area contributed by atoms with Crippen LogP contribution in [0.25, 0.3) is 0 Å².